The van der Waals surface area contributed by atoms with Crippen LogP contribution in [0.5, 0.6) is 0 Å². The van der Waals surface area contributed by atoms with Gasteiger partial charge in [-0.3, -0.25) is 4.98 Å². The first-order valence-corrected chi connectivity index (χ1v) is 6.65. The van der Waals surface area contributed by atoms with Gasteiger partial charge in [0.25, 0.3) is 0 Å². The van der Waals surface area contributed by atoms with E-state index in [1.54, 1.807) is 19.3 Å². The Morgan fingerprint density at radius 1 is 1.24 bits per heavy atom. The molecule has 0 fully saturated rings. The van der Waals surface area contributed by atoms with E-state index in [0.717, 1.165) is 10.6 Å². The van der Waals surface area contributed by atoms with Gasteiger partial charge in [-0.2, -0.15) is 5.10 Å². The Morgan fingerprint density at radius 2 is 2.00 bits per heavy atom. The summed E-state index contributed by atoms with van der Waals surface area (Å²) in [4.78, 5) is 15.8. The summed E-state index contributed by atoms with van der Waals surface area (Å²) in [5.74, 6) is 0. The number of nitrogens with zero attached hydrogens (tertiary/aromatic N) is 3. The van der Waals surface area contributed by atoms with Crippen LogP contribution in [0.4, 0.5) is 4.79 Å². The summed E-state index contributed by atoms with van der Waals surface area (Å²) in [7, 11) is 1.55. The van der Waals surface area contributed by atoms with Crippen LogP contribution in [0, 0.1) is 0 Å². The highest BCUT2D eigenvalue weighted by molar-refractivity contribution is 5.78. The zero-order chi connectivity index (χ0) is 14.9. The van der Waals surface area contributed by atoms with Crippen LogP contribution >= 0.6 is 0 Å². The Bertz CT molecular complexity index is 585. The fourth-order valence-corrected chi connectivity index (χ4v) is 1.64. The quantitative estimate of drug-likeness (QED) is 0.626. The van der Waals surface area contributed by atoms with Gasteiger partial charge in [0, 0.05) is 19.7 Å². The Labute approximate surface area is 123 Å². The summed E-state index contributed by atoms with van der Waals surface area (Å²) in [5.41, 5.74) is 1.81. The minimum atomic E-state index is -0.488. The fraction of sp³-hybridized carbons (Fsp3) is 0.188. The second-order valence-electron chi connectivity index (χ2n) is 4.37. The van der Waals surface area contributed by atoms with Gasteiger partial charge in [-0.1, -0.05) is 36.4 Å². The smallest absolute Gasteiger partial charge is 0.430 e. The number of ether oxygens (including phenoxy) is 1. The summed E-state index contributed by atoms with van der Waals surface area (Å²) in [6, 6.07) is 15.3. The van der Waals surface area contributed by atoms with Crippen LogP contribution in [0.1, 0.15) is 11.3 Å². The molecule has 0 N–H and O–H groups in total. The van der Waals surface area contributed by atoms with Crippen molar-refractivity contribution in [2.75, 3.05) is 13.7 Å². The standard InChI is InChI=1S/C16H17N3O2/c1-19(18-13-15-9-5-6-11-17-15)16(20)21-12-10-14-7-3-2-4-8-14/h2-9,11,13H,10,12H2,1H3/b18-13+. The first-order valence-electron chi connectivity index (χ1n) is 6.65. The maximum atomic E-state index is 11.7. The molecule has 0 bridgehead atoms. The molecule has 0 aliphatic carbocycles. The van der Waals surface area contributed by atoms with Crippen LogP contribution in [0.25, 0.3) is 0 Å². The molecule has 0 aliphatic rings. The van der Waals surface area contributed by atoms with Crippen molar-refractivity contribution in [1.29, 1.82) is 0 Å². The van der Waals surface area contributed by atoms with E-state index in [1.807, 2.05) is 42.5 Å². The fourth-order valence-electron chi connectivity index (χ4n) is 1.64. The van der Waals surface area contributed by atoms with Crippen LogP contribution < -0.4 is 0 Å². The molecule has 5 nitrogen and oxygen atoms in total. The van der Waals surface area contributed by atoms with Gasteiger partial charge in [0.1, 0.15) is 0 Å². The van der Waals surface area contributed by atoms with Gasteiger partial charge in [-0.05, 0) is 17.7 Å². The SMILES string of the molecule is CN(/N=C/c1ccccn1)C(=O)OCCc1ccccc1. The van der Waals surface area contributed by atoms with E-state index in [9.17, 15) is 4.79 Å². The van der Waals surface area contributed by atoms with E-state index < -0.39 is 6.09 Å². The van der Waals surface area contributed by atoms with Crippen molar-refractivity contribution in [1.82, 2.24) is 9.99 Å². The average molecular weight is 283 g/mol. The van der Waals surface area contributed by atoms with E-state index in [-0.39, 0.29) is 0 Å². The number of rotatable bonds is 5. The van der Waals surface area contributed by atoms with Crippen molar-refractivity contribution >= 4 is 12.3 Å². The number of hydrogen-bond acceptors (Lipinski definition) is 4. The first kappa shape index (κ1) is 14.7. The molecule has 0 atom stereocenters. The van der Waals surface area contributed by atoms with Crippen LogP contribution in [0.15, 0.2) is 59.8 Å². The Balaban J connectivity index is 1.76. The van der Waals surface area contributed by atoms with E-state index in [4.69, 9.17) is 4.74 Å². The molecule has 0 aliphatic heterocycles. The predicted octanol–water partition coefficient (Wildman–Crippen LogP) is 2.73. The summed E-state index contributed by atoms with van der Waals surface area (Å²) < 4.78 is 5.15. The minimum Gasteiger partial charge on any atom is -0.448 e. The van der Waals surface area contributed by atoms with Crippen molar-refractivity contribution in [3.63, 3.8) is 0 Å². The third-order valence-electron chi connectivity index (χ3n) is 2.77. The van der Waals surface area contributed by atoms with Crippen LogP contribution in [0.3, 0.4) is 0 Å². The van der Waals surface area contributed by atoms with Crippen molar-refractivity contribution in [3.05, 3.63) is 66.0 Å². The number of hydrazone groups is 1. The lowest BCUT2D eigenvalue weighted by atomic mass is 10.2. The van der Waals surface area contributed by atoms with Crippen LogP contribution in [-0.2, 0) is 11.2 Å². The van der Waals surface area contributed by atoms with E-state index >= 15 is 0 Å². The van der Waals surface area contributed by atoms with Gasteiger partial charge in [0.15, 0.2) is 0 Å². The van der Waals surface area contributed by atoms with E-state index in [0.29, 0.717) is 18.7 Å². The topological polar surface area (TPSA) is 54.8 Å². The molecule has 5 heteroatoms. The van der Waals surface area contributed by atoms with Crippen LogP contribution in [0.2, 0.25) is 0 Å². The molecule has 108 valence electrons. The number of benzene rings is 1. The molecule has 0 radical (unpaired) electrons. The Morgan fingerprint density at radius 3 is 2.71 bits per heavy atom. The third-order valence-corrected chi connectivity index (χ3v) is 2.77. The second kappa shape index (κ2) is 7.79. The number of pyridine rings is 1. The van der Waals surface area contributed by atoms with Crippen molar-refractivity contribution in [2.45, 2.75) is 6.42 Å². The lowest BCUT2D eigenvalue weighted by Crippen LogP contribution is -2.23. The number of hydrogen-bond donors (Lipinski definition) is 0. The number of aromatic nitrogens is 1. The zero-order valence-electron chi connectivity index (χ0n) is 11.8. The molecule has 1 amide bonds. The average Bonchev–Trinajstić information content (AvgIpc) is 2.54. The maximum Gasteiger partial charge on any atom is 0.430 e. The summed E-state index contributed by atoms with van der Waals surface area (Å²) in [6.07, 6.45) is 3.38. The Kier molecular flexibility index (Phi) is 5.46. The monoisotopic (exact) mass is 283 g/mol. The van der Waals surface area contributed by atoms with Gasteiger partial charge in [0.2, 0.25) is 0 Å². The van der Waals surface area contributed by atoms with Crippen molar-refractivity contribution in [2.24, 2.45) is 5.10 Å². The molecule has 0 spiro atoms. The van der Waals surface area contributed by atoms with E-state index in [1.165, 1.54) is 6.21 Å². The summed E-state index contributed by atoms with van der Waals surface area (Å²) in [6.45, 7) is 0.326. The molecule has 21 heavy (non-hydrogen) atoms. The molecular formula is C16H17N3O2. The lowest BCUT2D eigenvalue weighted by molar-refractivity contribution is 0.113. The minimum absolute atomic E-state index is 0.326. The van der Waals surface area contributed by atoms with Gasteiger partial charge >= 0.3 is 6.09 Å². The van der Waals surface area contributed by atoms with Crippen molar-refractivity contribution in [3.8, 4) is 0 Å². The van der Waals surface area contributed by atoms with Gasteiger partial charge in [0.05, 0.1) is 18.5 Å². The number of amides is 1. The maximum absolute atomic E-state index is 11.7. The number of carbonyl (C=O) groups excluding carboxylic acids is 1. The highest BCUT2D eigenvalue weighted by atomic mass is 16.6. The second-order valence-corrected chi connectivity index (χ2v) is 4.37. The molecule has 2 aromatic rings. The lowest BCUT2D eigenvalue weighted by Gasteiger charge is -2.11. The Hall–Kier alpha value is -2.69. The zero-order valence-corrected chi connectivity index (χ0v) is 11.8. The normalized spacial score (nSPS) is 10.5. The summed E-state index contributed by atoms with van der Waals surface area (Å²) in [5, 5.41) is 5.14. The molecule has 0 saturated carbocycles. The first-order chi connectivity index (χ1) is 10.3. The molecule has 0 saturated heterocycles. The summed E-state index contributed by atoms with van der Waals surface area (Å²) >= 11 is 0. The van der Waals surface area contributed by atoms with Gasteiger partial charge in [-0.25, -0.2) is 9.80 Å². The molecule has 1 heterocycles. The predicted molar refractivity (Wildman–Crippen MR) is 81.1 cm³/mol. The highest BCUT2D eigenvalue weighted by Gasteiger charge is 2.07. The largest absolute Gasteiger partial charge is 0.448 e. The molecule has 0 unspecified atom stereocenters. The molecule has 1 aromatic carbocycles. The van der Waals surface area contributed by atoms with Gasteiger partial charge in [-0.15, -0.1) is 0 Å². The number of carbonyl (C=O) groups is 1. The third kappa shape index (κ3) is 5.06. The molecule has 2 rings (SSSR count). The van der Waals surface area contributed by atoms with Crippen molar-refractivity contribution < 1.29 is 9.53 Å². The van der Waals surface area contributed by atoms with Gasteiger partial charge < -0.3 is 4.74 Å². The highest BCUT2D eigenvalue weighted by Crippen LogP contribution is 2.01. The molecular weight excluding hydrogens is 266 g/mol. The van der Waals surface area contributed by atoms with E-state index in [2.05, 4.69) is 10.1 Å². The van der Waals surface area contributed by atoms with Crippen LogP contribution in [-0.4, -0.2) is 36.0 Å². The molecule has 1 aromatic heterocycles.